The minimum Gasteiger partial charge on any atom is -0.493 e. The van der Waals surface area contributed by atoms with Crippen LogP contribution in [0, 0.1) is 0 Å². The largest absolute Gasteiger partial charge is 0.493 e. The zero-order valence-corrected chi connectivity index (χ0v) is 19.6. The number of ether oxygens (including phenoxy) is 3. The summed E-state index contributed by atoms with van der Waals surface area (Å²) in [6, 6.07) is 3.55. The summed E-state index contributed by atoms with van der Waals surface area (Å²) in [6.45, 7) is 6.11. The molecule has 0 atom stereocenters. The SMILES string of the molecule is C=CCN1C(=O)/C(=C/c2cc(Br)c(OCC(=O)N3CCOCC3)c(OC)c2)SC1=S. The molecule has 0 N–H and O–H groups in total. The summed E-state index contributed by atoms with van der Waals surface area (Å²) in [5, 5.41) is 0. The number of hydrogen-bond donors (Lipinski definition) is 0. The standard InChI is InChI=1S/C20H21BrN2O5S2/c1-3-4-23-19(25)16(30-20(23)29)11-13-9-14(21)18(15(10-13)26-2)28-12-17(24)22-5-7-27-8-6-22/h3,9-11H,1,4-8,12H2,2H3/b16-11-. The van der Waals surface area contributed by atoms with Gasteiger partial charge in [-0.1, -0.05) is 30.1 Å². The number of thioether (sulfide) groups is 1. The van der Waals surface area contributed by atoms with E-state index in [2.05, 4.69) is 22.5 Å². The Balaban J connectivity index is 1.75. The molecule has 2 aliphatic rings. The molecule has 30 heavy (non-hydrogen) atoms. The monoisotopic (exact) mass is 512 g/mol. The lowest BCUT2D eigenvalue weighted by atomic mass is 10.2. The highest BCUT2D eigenvalue weighted by Gasteiger charge is 2.31. The van der Waals surface area contributed by atoms with Gasteiger partial charge in [-0.25, -0.2) is 0 Å². The van der Waals surface area contributed by atoms with Crippen molar-refractivity contribution < 1.29 is 23.8 Å². The summed E-state index contributed by atoms with van der Waals surface area (Å²) in [6.07, 6.45) is 3.38. The van der Waals surface area contributed by atoms with Crippen molar-refractivity contribution in [3.05, 3.63) is 39.7 Å². The summed E-state index contributed by atoms with van der Waals surface area (Å²) in [5.74, 6) is 0.612. The van der Waals surface area contributed by atoms with Crippen LogP contribution in [0.15, 0.2) is 34.2 Å². The number of carbonyl (C=O) groups is 2. The third-order valence-corrected chi connectivity index (χ3v) is 6.41. The zero-order chi connectivity index (χ0) is 21.7. The number of thiocarbonyl (C=S) groups is 1. The molecule has 0 spiro atoms. The van der Waals surface area contributed by atoms with Gasteiger partial charge in [-0.2, -0.15) is 0 Å². The second kappa shape index (κ2) is 10.4. The van der Waals surface area contributed by atoms with E-state index in [1.165, 1.54) is 23.8 Å². The summed E-state index contributed by atoms with van der Waals surface area (Å²) in [4.78, 5) is 28.6. The first-order valence-electron chi connectivity index (χ1n) is 9.16. The second-order valence-corrected chi connectivity index (χ2v) is 8.93. The molecule has 1 aromatic carbocycles. The Kier molecular flexibility index (Phi) is 7.93. The number of methoxy groups -OCH3 is 1. The Morgan fingerprint density at radius 1 is 1.40 bits per heavy atom. The molecule has 2 amide bonds. The van der Waals surface area contributed by atoms with Crippen LogP contribution in [0.1, 0.15) is 5.56 Å². The number of amides is 2. The highest BCUT2D eigenvalue weighted by Crippen LogP contribution is 2.39. The molecular weight excluding hydrogens is 492 g/mol. The van der Waals surface area contributed by atoms with E-state index in [1.54, 1.807) is 29.2 Å². The molecule has 2 aliphatic heterocycles. The van der Waals surface area contributed by atoms with Crippen LogP contribution in [0.25, 0.3) is 6.08 Å². The van der Waals surface area contributed by atoms with E-state index in [9.17, 15) is 9.59 Å². The van der Waals surface area contributed by atoms with Crippen molar-refractivity contribution >= 4 is 62.1 Å². The molecule has 1 aromatic rings. The van der Waals surface area contributed by atoms with Crippen LogP contribution in [0.3, 0.4) is 0 Å². The fraction of sp³-hybridized carbons (Fsp3) is 0.350. The maximum atomic E-state index is 12.5. The maximum Gasteiger partial charge on any atom is 0.266 e. The van der Waals surface area contributed by atoms with Crippen LogP contribution in [0.4, 0.5) is 0 Å². The molecular formula is C20H21BrN2O5S2. The lowest BCUT2D eigenvalue weighted by molar-refractivity contribution is -0.137. The number of morpholine rings is 1. The average molecular weight is 513 g/mol. The Hall–Kier alpha value is -1.88. The molecule has 2 heterocycles. The van der Waals surface area contributed by atoms with Gasteiger partial charge >= 0.3 is 0 Å². The van der Waals surface area contributed by atoms with Crippen molar-refractivity contribution in [2.45, 2.75) is 0 Å². The molecule has 0 bridgehead atoms. The second-order valence-electron chi connectivity index (χ2n) is 6.40. The van der Waals surface area contributed by atoms with Crippen molar-refractivity contribution in [3.8, 4) is 11.5 Å². The number of rotatable bonds is 7. The van der Waals surface area contributed by atoms with E-state index < -0.39 is 0 Å². The van der Waals surface area contributed by atoms with Crippen LogP contribution in [0.5, 0.6) is 11.5 Å². The van der Waals surface area contributed by atoms with E-state index in [-0.39, 0.29) is 18.4 Å². The number of hydrogen-bond acceptors (Lipinski definition) is 7. The highest BCUT2D eigenvalue weighted by molar-refractivity contribution is 9.10. The number of carbonyl (C=O) groups excluding carboxylic acids is 2. The van der Waals surface area contributed by atoms with Crippen LogP contribution in [-0.2, 0) is 14.3 Å². The van der Waals surface area contributed by atoms with Gasteiger partial charge in [-0.3, -0.25) is 14.5 Å². The first-order valence-corrected chi connectivity index (χ1v) is 11.2. The Bertz CT molecular complexity index is 899. The first kappa shape index (κ1) is 22.8. The minimum absolute atomic E-state index is 0.103. The third kappa shape index (κ3) is 5.23. The van der Waals surface area contributed by atoms with Gasteiger partial charge in [0.2, 0.25) is 0 Å². The molecule has 10 heteroatoms. The number of benzene rings is 1. The summed E-state index contributed by atoms with van der Waals surface area (Å²) in [5.41, 5.74) is 0.740. The van der Waals surface area contributed by atoms with Gasteiger partial charge in [0, 0.05) is 19.6 Å². The number of halogens is 1. The summed E-state index contributed by atoms with van der Waals surface area (Å²) >= 11 is 9.99. The zero-order valence-electron chi connectivity index (χ0n) is 16.4. The molecule has 0 aliphatic carbocycles. The fourth-order valence-electron chi connectivity index (χ4n) is 2.94. The van der Waals surface area contributed by atoms with Gasteiger partial charge in [-0.05, 0) is 39.7 Å². The van der Waals surface area contributed by atoms with Crippen LogP contribution < -0.4 is 9.47 Å². The molecule has 2 saturated heterocycles. The van der Waals surface area contributed by atoms with Crippen LogP contribution in [0.2, 0.25) is 0 Å². The first-order chi connectivity index (χ1) is 14.4. The molecule has 0 saturated carbocycles. The maximum absolute atomic E-state index is 12.5. The molecule has 0 unspecified atom stereocenters. The van der Waals surface area contributed by atoms with Crippen molar-refractivity contribution in [1.29, 1.82) is 0 Å². The summed E-state index contributed by atoms with van der Waals surface area (Å²) < 4.78 is 17.6. The van der Waals surface area contributed by atoms with Crippen molar-refractivity contribution in [1.82, 2.24) is 9.80 Å². The average Bonchev–Trinajstić information content (AvgIpc) is 3.00. The molecule has 3 rings (SSSR count). The minimum atomic E-state index is -0.156. The Morgan fingerprint density at radius 3 is 2.80 bits per heavy atom. The van der Waals surface area contributed by atoms with E-state index in [4.69, 9.17) is 26.4 Å². The Morgan fingerprint density at radius 2 is 2.13 bits per heavy atom. The quantitative estimate of drug-likeness (QED) is 0.316. The molecule has 2 fully saturated rings. The lowest BCUT2D eigenvalue weighted by Crippen LogP contribution is -2.43. The fourth-order valence-corrected chi connectivity index (χ4v) is 4.79. The molecule has 0 radical (unpaired) electrons. The van der Waals surface area contributed by atoms with Gasteiger partial charge in [0.1, 0.15) is 4.32 Å². The molecule has 0 aromatic heterocycles. The third-order valence-electron chi connectivity index (χ3n) is 4.44. The van der Waals surface area contributed by atoms with Gasteiger partial charge < -0.3 is 19.1 Å². The van der Waals surface area contributed by atoms with Crippen molar-refractivity contribution in [3.63, 3.8) is 0 Å². The summed E-state index contributed by atoms with van der Waals surface area (Å²) in [7, 11) is 1.52. The van der Waals surface area contributed by atoms with Gasteiger partial charge in [-0.15, -0.1) is 6.58 Å². The predicted molar refractivity (Wildman–Crippen MR) is 124 cm³/mol. The van der Waals surface area contributed by atoms with Gasteiger partial charge in [0.25, 0.3) is 11.8 Å². The predicted octanol–water partition coefficient (Wildman–Crippen LogP) is 3.08. The van der Waals surface area contributed by atoms with Crippen LogP contribution >= 0.6 is 39.9 Å². The van der Waals surface area contributed by atoms with Gasteiger partial charge in [0.15, 0.2) is 18.1 Å². The number of nitrogens with zero attached hydrogens (tertiary/aromatic N) is 2. The topological polar surface area (TPSA) is 68.3 Å². The van der Waals surface area contributed by atoms with E-state index in [1.807, 2.05) is 0 Å². The highest BCUT2D eigenvalue weighted by atomic mass is 79.9. The van der Waals surface area contributed by atoms with E-state index in [0.29, 0.717) is 58.0 Å². The van der Waals surface area contributed by atoms with E-state index >= 15 is 0 Å². The lowest BCUT2D eigenvalue weighted by Gasteiger charge is -2.27. The smallest absolute Gasteiger partial charge is 0.266 e. The van der Waals surface area contributed by atoms with Crippen molar-refractivity contribution in [2.75, 3.05) is 46.6 Å². The molecule has 160 valence electrons. The normalized spacial score (nSPS) is 18.1. The van der Waals surface area contributed by atoms with Gasteiger partial charge in [0.05, 0.1) is 29.7 Å². The van der Waals surface area contributed by atoms with E-state index in [0.717, 1.165) is 5.56 Å². The van der Waals surface area contributed by atoms with Crippen molar-refractivity contribution in [2.24, 2.45) is 0 Å². The Labute approximate surface area is 193 Å². The molecule has 7 nitrogen and oxygen atoms in total. The van der Waals surface area contributed by atoms with Crippen LogP contribution in [-0.4, -0.2) is 72.5 Å².